The average molecular weight is 413 g/mol. The molecule has 6 nitrogen and oxygen atoms in total. The average Bonchev–Trinajstić information content (AvgIpc) is 3.33. The summed E-state index contributed by atoms with van der Waals surface area (Å²) >= 11 is 0. The number of nitrogens with zero attached hydrogens (tertiary/aromatic N) is 1. The predicted molar refractivity (Wildman–Crippen MR) is 112 cm³/mol. The van der Waals surface area contributed by atoms with Crippen LogP contribution in [0.1, 0.15) is 36.8 Å². The molecule has 0 aromatic heterocycles. The molecule has 0 bridgehead atoms. The fraction of sp³-hybridized carbons (Fsp3) is 0.318. The maximum atomic E-state index is 12.9. The van der Waals surface area contributed by atoms with Crippen molar-refractivity contribution in [2.24, 2.45) is 0 Å². The van der Waals surface area contributed by atoms with Gasteiger partial charge >= 0.3 is 0 Å². The third kappa shape index (κ3) is 3.56. The highest BCUT2D eigenvalue weighted by Gasteiger charge is 2.34. The van der Waals surface area contributed by atoms with Gasteiger partial charge in [0.2, 0.25) is 10.0 Å². The summed E-state index contributed by atoms with van der Waals surface area (Å²) in [6.45, 7) is 0.121. The molecule has 2 aromatic rings. The van der Waals surface area contributed by atoms with Crippen LogP contribution in [0.2, 0.25) is 0 Å². The summed E-state index contributed by atoms with van der Waals surface area (Å²) < 4.78 is 33.8. The molecule has 1 N–H and O–H groups in total. The molecule has 1 saturated carbocycles. The highest BCUT2D eigenvalue weighted by Crippen LogP contribution is 2.42. The number of hydrogen-bond donors (Lipinski definition) is 1. The highest BCUT2D eigenvalue weighted by atomic mass is 32.2. The highest BCUT2D eigenvalue weighted by molar-refractivity contribution is 7.89. The number of fused-ring (bicyclic) bond motifs is 1. The molecule has 2 aromatic carbocycles. The Hall–Kier alpha value is -2.64. The van der Waals surface area contributed by atoms with Gasteiger partial charge in [-0.1, -0.05) is 23.8 Å². The van der Waals surface area contributed by atoms with Gasteiger partial charge < -0.3 is 9.64 Å². The normalized spacial score (nSPS) is 16.5. The molecule has 4 rings (SSSR count). The number of carbonyl (C=O) groups is 1. The number of amides is 1. The van der Waals surface area contributed by atoms with E-state index in [1.165, 1.54) is 0 Å². The topological polar surface area (TPSA) is 75.7 Å². The number of nitrogens with one attached hydrogen (secondary N) is 1. The zero-order valence-corrected chi connectivity index (χ0v) is 17.4. The second-order valence-corrected chi connectivity index (χ2v) is 9.13. The molecular weight excluding hydrogens is 388 g/mol. The molecule has 0 unspecified atom stereocenters. The van der Waals surface area contributed by atoms with Crippen molar-refractivity contribution in [1.29, 1.82) is 0 Å². The zero-order valence-electron chi connectivity index (χ0n) is 16.6. The summed E-state index contributed by atoms with van der Waals surface area (Å²) in [7, 11) is -0.456. The molecule has 1 amide bonds. The van der Waals surface area contributed by atoms with Crippen molar-refractivity contribution in [2.75, 3.05) is 19.1 Å². The van der Waals surface area contributed by atoms with Crippen LogP contribution in [0, 0.1) is 0 Å². The molecule has 152 valence electrons. The zero-order chi connectivity index (χ0) is 20.6. The number of allylic oxidation sites excluding steroid dienone is 1. The van der Waals surface area contributed by atoms with Gasteiger partial charge in [-0.15, -0.1) is 0 Å². The van der Waals surface area contributed by atoms with E-state index in [1.807, 2.05) is 18.2 Å². The number of para-hydroxylation sites is 1. The Kier molecular flexibility index (Phi) is 5.19. The fourth-order valence-corrected chi connectivity index (χ4v) is 5.10. The molecule has 1 aliphatic carbocycles. The van der Waals surface area contributed by atoms with Gasteiger partial charge in [-0.05, 0) is 49.9 Å². The number of anilines is 1. The summed E-state index contributed by atoms with van der Waals surface area (Å²) in [6, 6.07) is 12.2. The van der Waals surface area contributed by atoms with Crippen LogP contribution in [-0.4, -0.2) is 28.5 Å². The number of carbonyl (C=O) groups excluding carboxylic acids is 1. The SMILES string of the molecule is COc1ccccc1CNS(=O)(=O)c1ccc2c(c1)C(=C1CCCC1)C(=O)N2C. The van der Waals surface area contributed by atoms with Gasteiger partial charge in [0.25, 0.3) is 5.91 Å². The maximum Gasteiger partial charge on any atom is 0.258 e. The van der Waals surface area contributed by atoms with E-state index in [1.54, 1.807) is 43.3 Å². The smallest absolute Gasteiger partial charge is 0.258 e. The number of hydrogen-bond acceptors (Lipinski definition) is 4. The van der Waals surface area contributed by atoms with E-state index in [-0.39, 0.29) is 17.3 Å². The van der Waals surface area contributed by atoms with Crippen molar-refractivity contribution < 1.29 is 17.9 Å². The summed E-state index contributed by atoms with van der Waals surface area (Å²) in [4.78, 5) is 14.5. The fourth-order valence-electron chi connectivity index (χ4n) is 4.07. The summed E-state index contributed by atoms with van der Waals surface area (Å²) in [5.41, 5.74) is 4.05. The molecule has 0 spiro atoms. The molecule has 0 saturated heterocycles. The molecule has 7 heteroatoms. The van der Waals surface area contributed by atoms with Crippen molar-refractivity contribution >= 4 is 27.2 Å². The van der Waals surface area contributed by atoms with E-state index in [0.29, 0.717) is 11.3 Å². The predicted octanol–water partition coefficient (Wildman–Crippen LogP) is 3.48. The van der Waals surface area contributed by atoms with E-state index < -0.39 is 10.0 Å². The van der Waals surface area contributed by atoms with Crippen molar-refractivity contribution in [3.8, 4) is 5.75 Å². The number of sulfonamides is 1. The summed E-state index contributed by atoms with van der Waals surface area (Å²) in [5, 5.41) is 0. The van der Waals surface area contributed by atoms with E-state index in [4.69, 9.17) is 4.74 Å². The Balaban J connectivity index is 1.66. The minimum Gasteiger partial charge on any atom is -0.496 e. The number of methoxy groups -OCH3 is 1. The largest absolute Gasteiger partial charge is 0.496 e. The maximum absolute atomic E-state index is 12.9. The van der Waals surface area contributed by atoms with Crippen LogP contribution in [0.15, 0.2) is 52.9 Å². The van der Waals surface area contributed by atoms with Gasteiger partial charge in [0, 0.05) is 30.3 Å². The van der Waals surface area contributed by atoms with Gasteiger partial charge in [-0.25, -0.2) is 13.1 Å². The van der Waals surface area contributed by atoms with E-state index in [0.717, 1.165) is 48.1 Å². The van der Waals surface area contributed by atoms with Crippen LogP contribution >= 0.6 is 0 Å². The van der Waals surface area contributed by atoms with Crippen LogP contribution in [0.25, 0.3) is 5.57 Å². The minimum absolute atomic E-state index is 0.0478. The van der Waals surface area contributed by atoms with Gasteiger partial charge in [-0.3, -0.25) is 4.79 Å². The van der Waals surface area contributed by atoms with Crippen LogP contribution < -0.4 is 14.4 Å². The first-order chi connectivity index (χ1) is 13.9. The first kappa shape index (κ1) is 19.7. The quantitative estimate of drug-likeness (QED) is 0.763. The molecule has 29 heavy (non-hydrogen) atoms. The molecule has 1 aliphatic heterocycles. The summed E-state index contributed by atoms with van der Waals surface area (Å²) in [6.07, 6.45) is 3.95. The standard InChI is InChI=1S/C22H24N2O4S/c1-24-19-12-11-17(13-18(19)21(22(24)25)15-7-3-4-8-15)29(26,27)23-14-16-9-5-6-10-20(16)28-2/h5-6,9-13,23H,3-4,7-8,14H2,1-2H3. The Labute approximate surface area is 171 Å². The van der Waals surface area contributed by atoms with Gasteiger partial charge in [0.15, 0.2) is 0 Å². The third-order valence-corrected chi connectivity index (χ3v) is 7.03. The number of rotatable bonds is 5. The lowest BCUT2D eigenvalue weighted by atomic mass is 10.00. The van der Waals surface area contributed by atoms with Crippen LogP contribution in [0.5, 0.6) is 5.75 Å². The summed E-state index contributed by atoms with van der Waals surface area (Å²) in [5.74, 6) is 0.582. The van der Waals surface area contributed by atoms with Crippen LogP contribution in [0.3, 0.4) is 0 Å². The number of ether oxygens (including phenoxy) is 1. The molecule has 1 heterocycles. The first-order valence-electron chi connectivity index (χ1n) is 9.68. The minimum atomic E-state index is -3.74. The van der Waals surface area contributed by atoms with Crippen molar-refractivity contribution in [3.63, 3.8) is 0 Å². The number of benzene rings is 2. The molecule has 0 radical (unpaired) electrons. The molecular formula is C22H24N2O4S. The van der Waals surface area contributed by atoms with E-state index in [2.05, 4.69) is 4.72 Å². The Morgan fingerprint density at radius 1 is 1.10 bits per heavy atom. The van der Waals surface area contributed by atoms with Crippen LogP contribution in [-0.2, 0) is 21.4 Å². The second-order valence-electron chi connectivity index (χ2n) is 7.37. The van der Waals surface area contributed by atoms with Gasteiger partial charge in [0.05, 0.1) is 17.7 Å². The van der Waals surface area contributed by atoms with Crippen molar-refractivity contribution in [3.05, 3.63) is 59.2 Å². The van der Waals surface area contributed by atoms with E-state index in [9.17, 15) is 13.2 Å². The van der Waals surface area contributed by atoms with Crippen molar-refractivity contribution in [2.45, 2.75) is 37.1 Å². The lowest BCUT2D eigenvalue weighted by molar-refractivity contribution is -0.112. The van der Waals surface area contributed by atoms with Crippen LogP contribution in [0.4, 0.5) is 5.69 Å². The molecule has 0 atom stereocenters. The lowest BCUT2D eigenvalue weighted by Crippen LogP contribution is -2.23. The van der Waals surface area contributed by atoms with Crippen molar-refractivity contribution in [1.82, 2.24) is 4.72 Å². The second kappa shape index (κ2) is 7.65. The number of likely N-dealkylation sites (N-methyl/N-ethyl adjacent to an activating group) is 1. The lowest BCUT2D eigenvalue weighted by Gasteiger charge is -2.12. The Morgan fingerprint density at radius 2 is 1.83 bits per heavy atom. The third-order valence-electron chi connectivity index (χ3n) is 5.63. The van der Waals surface area contributed by atoms with Gasteiger partial charge in [-0.2, -0.15) is 0 Å². The first-order valence-corrected chi connectivity index (χ1v) is 11.2. The Bertz CT molecular complexity index is 1100. The Morgan fingerprint density at radius 3 is 2.55 bits per heavy atom. The molecule has 2 aliphatic rings. The van der Waals surface area contributed by atoms with E-state index >= 15 is 0 Å². The van der Waals surface area contributed by atoms with Gasteiger partial charge in [0.1, 0.15) is 5.75 Å². The molecule has 1 fully saturated rings. The monoisotopic (exact) mass is 412 g/mol.